The second kappa shape index (κ2) is 6.73. The number of fused-ring (bicyclic) bond motifs is 1. The Labute approximate surface area is 136 Å². The number of aryl methyl sites for hydroxylation is 1. The third-order valence-electron chi connectivity index (χ3n) is 3.91. The quantitative estimate of drug-likeness (QED) is 0.944. The molecule has 0 spiro atoms. The van der Waals surface area contributed by atoms with Crippen molar-refractivity contribution in [3.05, 3.63) is 41.7 Å². The molecule has 1 N–H and O–H groups in total. The van der Waals surface area contributed by atoms with E-state index in [0.29, 0.717) is 18.8 Å². The van der Waals surface area contributed by atoms with Gasteiger partial charge in [-0.3, -0.25) is 4.68 Å². The fourth-order valence-electron chi connectivity index (χ4n) is 2.70. The molecule has 2 heterocycles. The molecule has 0 fully saturated rings. The minimum atomic E-state index is -0.0880. The van der Waals surface area contributed by atoms with Crippen molar-refractivity contribution in [1.82, 2.24) is 14.7 Å². The van der Waals surface area contributed by atoms with E-state index in [1.165, 1.54) is 11.1 Å². The minimum absolute atomic E-state index is 0.0880. The lowest BCUT2D eigenvalue weighted by Gasteiger charge is -2.29. The van der Waals surface area contributed by atoms with E-state index in [2.05, 4.69) is 29.5 Å². The molecular weight excluding hydrogens is 292 g/mol. The highest BCUT2D eigenvalue weighted by molar-refractivity contribution is 5.89. The van der Waals surface area contributed by atoms with Gasteiger partial charge < -0.3 is 15.0 Å². The van der Waals surface area contributed by atoms with E-state index in [9.17, 15) is 4.79 Å². The molecule has 1 aliphatic heterocycles. The Morgan fingerprint density at radius 1 is 1.39 bits per heavy atom. The second-order valence-electron chi connectivity index (χ2n) is 5.78. The number of hydrogen-bond acceptors (Lipinski definition) is 3. The number of amides is 2. The van der Waals surface area contributed by atoms with Crippen molar-refractivity contribution in [2.75, 3.05) is 18.5 Å². The molecule has 6 nitrogen and oxygen atoms in total. The fraction of sp³-hybridized carbons (Fsp3) is 0.412. The lowest BCUT2D eigenvalue weighted by molar-refractivity contribution is 0.206. The van der Waals surface area contributed by atoms with Gasteiger partial charge in [0.2, 0.25) is 0 Å². The van der Waals surface area contributed by atoms with Gasteiger partial charge in [-0.05, 0) is 36.1 Å². The summed E-state index contributed by atoms with van der Waals surface area (Å²) in [5.74, 6) is 0.916. The number of carbonyl (C=O) groups excluding carboxylic acids is 1. The van der Waals surface area contributed by atoms with Crippen LogP contribution in [-0.2, 0) is 20.0 Å². The topological polar surface area (TPSA) is 59.4 Å². The van der Waals surface area contributed by atoms with Crippen LogP contribution in [0, 0.1) is 0 Å². The largest absolute Gasteiger partial charge is 0.494 e. The smallest absolute Gasteiger partial charge is 0.322 e. The third kappa shape index (κ3) is 3.64. The molecule has 1 aromatic carbocycles. The maximum atomic E-state index is 12.3. The number of benzene rings is 1. The number of nitrogens with one attached hydrogen (secondary N) is 1. The van der Waals surface area contributed by atoms with E-state index in [4.69, 9.17) is 4.74 Å². The van der Waals surface area contributed by atoms with Crippen LogP contribution in [0.1, 0.15) is 24.5 Å². The average molecular weight is 314 g/mol. The Hall–Kier alpha value is -2.50. The monoisotopic (exact) mass is 314 g/mol. The first-order chi connectivity index (χ1) is 11.2. The summed E-state index contributed by atoms with van der Waals surface area (Å²) in [5, 5.41) is 6.94. The molecule has 23 heavy (non-hydrogen) atoms. The summed E-state index contributed by atoms with van der Waals surface area (Å²) in [6.45, 7) is 4.15. The highest BCUT2D eigenvalue weighted by atomic mass is 16.5. The van der Waals surface area contributed by atoms with Crippen molar-refractivity contribution < 1.29 is 9.53 Å². The highest BCUT2D eigenvalue weighted by Crippen LogP contribution is 2.24. The Morgan fingerprint density at radius 3 is 3.00 bits per heavy atom. The van der Waals surface area contributed by atoms with Crippen molar-refractivity contribution in [3.63, 3.8) is 0 Å². The van der Waals surface area contributed by atoms with Crippen LogP contribution in [0.2, 0.25) is 0 Å². The number of nitrogens with zero attached hydrogens (tertiary/aromatic N) is 3. The van der Waals surface area contributed by atoms with Crippen LogP contribution in [0.15, 0.2) is 30.6 Å². The maximum absolute atomic E-state index is 12.3. The summed E-state index contributed by atoms with van der Waals surface area (Å²) < 4.78 is 7.34. The molecule has 1 aromatic heterocycles. The molecule has 0 radical (unpaired) electrons. The van der Waals surface area contributed by atoms with Crippen molar-refractivity contribution in [1.29, 1.82) is 0 Å². The SMILES string of the molecule is CCCOc1ccc2c(c1)CCN(C(=O)Nc1cnn(C)c1)C2. The first-order valence-electron chi connectivity index (χ1n) is 7.95. The second-order valence-corrected chi connectivity index (χ2v) is 5.78. The molecule has 2 aromatic rings. The molecule has 1 aliphatic rings. The summed E-state index contributed by atoms with van der Waals surface area (Å²) in [6.07, 6.45) is 5.28. The number of anilines is 1. The Morgan fingerprint density at radius 2 is 2.26 bits per heavy atom. The number of hydrogen-bond donors (Lipinski definition) is 1. The fourth-order valence-corrected chi connectivity index (χ4v) is 2.70. The zero-order valence-electron chi connectivity index (χ0n) is 13.6. The van der Waals surface area contributed by atoms with Gasteiger partial charge in [-0.25, -0.2) is 4.79 Å². The van der Waals surface area contributed by atoms with Crippen LogP contribution < -0.4 is 10.1 Å². The first-order valence-corrected chi connectivity index (χ1v) is 7.95. The first kappa shape index (κ1) is 15.4. The molecule has 2 amide bonds. The minimum Gasteiger partial charge on any atom is -0.494 e. The third-order valence-corrected chi connectivity index (χ3v) is 3.91. The van der Waals surface area contributed by atoms with Gasteiger partial charge in [-0.2, -0.15) is 5.10 Å². The number of rotatable bonds is 4. The average Bonchev–Trinajstić information content (AvgIpc) is 2.97. The number of urea groups is 1. The molecule has 6 heteroatoms. The Bertz CT molecular complexity index is 696. The molecular formula is C17H22N4O2. The number of aromatic nitrogens is 2. The van der Waals surface area contributed by atoms with Crippen LogP contribution in [0.5, 0.6) is 5.75 Å². The Kier molecular flexibility index (Phi) is 4.50. The molecule has 0 unspecified atom stereocenters. The van der Waals surface area contributed by atoms with Crippen LogP contribution in [0.4, 0.5) is 10.5 Å². The number of carbonyl (C=O) groups is 1. The predicted octanol–water partition coefficient (Wildman–Crippen LogP) is 2.80. The van der Waals surface area contributed by atoms with E-state index in [1.807, 2.05) is 18.0 Å². The lowest BCUT2D eigenvalue weighted by atomic mass is 10.00. The van der Waals surface area contributed by atoms with Crippen LogP contribution in [-0.4, -0.2) is 33.9 Å². The van der Waals surface area contributed by atoms with Gasteiger partial charge >= 0.3 is 6.03 Å². The van der Waals surface area contributed by atoms with E-state index in [1.54, 1.807) is 17.1 Å². The van der Waals surface area contributed by atoms with Crippen molar-refractivity contribution >= 4 is 11.7 Å². The van der Waals surface area contributed by atoms with Crippen molar-refractivity contribution in [2.24, 2.45) is 7.05 Å². The molecule has 122 valence electrons. The van der Waals surface area contributed by atoms with Crippen LogP contribution >= 0.6 is 0 Å². The summed E-state index contributed by atoms with van der Waals surface area (Å²) in [5.41, 5.74) is 3.16. The molecule has 0 bridgehead atoms. The van der Waals surface area contributed by atoms with Crippen molar-refractivity contribution in [3.8, 4) is 5.75 Å². The van der Waals surface area contributed by atoms with Crippen LogP contribution in [0.25, 0.3) is 0 Å². The number of ether oxygens (including phenoxy) is 1. The summed E-state index contributed by atoms with van der Waals surface area (Å²) in [4.78, 5) is 14.2. The standard InChI is InChI=1S/C17H22N4O2/c1-3-8-23-16-5-4-14-11-21(7-6-13(14)9-16)17(22)19-15-10-18-20(2)12-15/h4-5,9-10,12H,3,6-8,11H2,1-2H3,(H,19,22). The highest BCUT2D eigenvalue weighted by Gasteiger charge is 2.21. The van der Waals surface area contributed by atoms with E-state index < -0.39 is 0 Å². The Balaban J connectivity index is 1.64. The van der Waals surface area contributed by atoms with Gasteiger partial charge in [-0.15, -0.1) is 0 Å². The van der Waals surface area contributed by atoms with Gasteiger partial charge in [-0.1, -0.05) is 13.0 Å². The molecule has 0 saturated carbocycles. The van der Waals surface area contributed by atoms with Gasteiger partial charge in [0.25, 0.3) is 0 Å². The summed E-state index contributed by atoms with van der Waals surface area (Å²) in [7, 11) is 1.82. The molecule has 0 saturated heterocycles. The predicted molar refractivity (Wildman–Crippen MR) is 88.6 cm³/mol. The van der Waals surface area contributed by atoms with Gasteiger partial charge in [0.15, 0.2) is 0 Å². The van der Waals surface area contributed by atoms with E-state index in [0.717, 1.165) is 25.2 Å². The molecule has 0 aliphatic carbocycles. The molecule has 3 rings (SSSR count). The van der Waals surface area contributed by atoms with Gasteiger partial charge in [0.1, 0.15) is 5.75 Å². The maximum Gasteiger partial charge on any atom is 0.322 e. The summed E-state index contributed by atoms with van der Waals surface area (Å²) >= 11 is 0. The normalized spacial score (nSPS) is 13.6. The van der Waals surface area contributed by atoms with Gasteiger partial charge in [0.05, 0.1) is 18.5 Å². The zero-order chi connectivity index (χ0) is 16.2. The molecule has 0 atom stereocenters. The lowest BCUT2D eigenvalue weighted by Crippen LogP contribution is -2.38. The van der Waals surface area contributed by atoms with E-state index in [-0.39, 0.29) is 6.03 Å². The van der Waals surface area contributed by atoms with Crippen LogP contribution in [0.3, 0.4) is 0 Å². The van der Waals surface area contributed by atoms with Crippen molar-refractivity contribution in [2.45, 2.75) is 26.3 Å². The zero-order valence-corrected chi connectivity index (χ0v) is 13.6. The van der Waals surface area contributed by atoms with E-state index >= 15 is 0 Å². The summed E-state index contributed by atoms with van der Waals surface area (Å²) in [6, 6.07) is 6.05. The van der Waals surface area contributed by atoms with Gasteiger partial charge in [0, 0.05) is 26.3 Å².